The van der Waals surface area contributed by atoms with Gasteiger partial charge in [0, 0.05) is 23.3 Å². The third kappa shape index (κ3) is 5.67. The van der Waals surface area contributed by atoms with Gasteiger partial charge in [-0.3, -0.25) is 9.48 Å². The molecule has 1 aliphatic carbocycles. The van der Waals surface area contributed by atoms with Gasteiger partial charge in [-0.2, -0.15) is 5.10 Å². The summed E-state index contributed by atoms with van der Waals surface area (Å²) < 4.78 is 7.71. The van der Waals surface area contributed by atoms with Gasteiger partial charge in [0.1, 0.15) is 11.4 Å². The molecule has 0 radical (unpaired) electrons. The Morgan fingerprint density at radius 2 is 1.91 bits per heavy atom. The predicted molar refractivity (Wildman–Crippen MR) is 139 cm³/mol. The molecule has 7 heteroatoms. The van der Waals surface area contributed by atoms with Crippen LogP contribution in [0.2, 0.25) is 0 Å². The summed E-state index contributed by atoms with van der Waals surface area (Å²) in [5.74, 6) is 1.20. The van der Waals surface area contributed by atoms with Crippen LogP contribution in [0, 0.1) is 12.8 Å². The van der Waals surface area contributed by atoms with Crippen molar-refractivity contribution in [2.24, 2.45) is 5.92 Å². The molecule has 1 saturated carbocycles. The first-order chi connectivity index (χ1) is 17.1. The van der Waals surface area contributed by atoms with Crippen molar-refractivity contribution < 1.29 is 9.53 Å². The second-order valence-corrected chi connectivity index (χ2v) is 10.2. The summed E-state index contributed by atoms with van der Waals surface area (Å²) in [4.78, 5) is 19.7. The van der Waals surface area contributed by atoms with Crippen molar-refractivity contribution in [2.75, 3.05) is 32.1 Å². The summed E-state index contributed by atoms with van der Waals surface area (Å²) in [6.07, 6.45) is 12.5. The molecular formula is C28H37N5O2. The van der Waals surface area contributed by atoms with Crippen LogP contribution < -0.4 is 10.1 Å². The fourth-order valence-corrected chi connectivity index (χ4v) is 5.63. The maximum Gasteiger partial charge on any atom is 0.274 e. The third-order valence-electron chi connectivity index (χ3n) is 7.71. The number of pyridine rings is 1. The highest BCUT2D eigenvalue weighted by Gasteiger charge is 2.24. The van der Waals surface area contributed by atoms with Gasteiger partial charge in [-0.15, -0.1) is 0 Å². The van der Waals surface area contributed by atoms with E-state index in [-0.39, 0.29) is 5.91 Å². The monoisotopic (exact) mass is 475 g/mol. The maximum absolute atomic E-state index is 12.8. The Kier molecular flexibility index (Phi) is 7.32. The molecule has 186 valence electrons. The molecule has 0 atom stereocenters. The van der Waals surface area contributed by atoms with E-state index in [1.807, 2.05) is 31.2 Å². The summed E-state index contributed by atoms with van der Waals surface area (Å²) in [6, 6.07) is 9.73. The van der Waals surface area contributed by atoms with E-state index in [9.17, 15) is 4.79 Å². The number of hydrogen-bond donors (Lipinski definition) is 1. The number of carbonyl (C=O) groups excluding carboxylic acids is 1. The van der Waals surface area contributed by atoms with Gasteiger partial charge in [0.15, 0.2) is 0 Å². The molecule has 1 N–H and O–H groups in total. The highest BCUT2D eigenvalue weighted by atomic mass is 16.5. The summed E-state index contributed by atoms with van der Waals surface area (Å²) in [5, 5.41) is 8.85. The number of anilines is 1. The lowest BCUT2D eigenvalue weighted by molar-refractivity contribution is 0.102. The molecule has 0 bridgehead atoms. The number of methoxy groups -OCH3 is 1. The molecule has 2 fully saturated rings. The number of benzene rings is 1. The standard InChI is InChI=1S/C28H37N5O2/c1-20-7-6-8-24(29-20)28(34)30-26-17-22-19-33(31-25(22)18-27(26)35-2)23-11-9-21(10-12-23)13-16-32-14-4-3-5-15-32/h6-8,17-19,21,23H,3-5,9-16H2,1-2H3,(H,30,34)/t21-,23-. The van der Waals surface area contributed by atoms with Crippen LogP contribution >= 0.6 is 0 Å². The molecule has 0 unspecified atom stereocenters. The molecule has 1 amide bonds. The summed E-state index contributed by atoms with van der Waals surface area (Å²) in [7, 11) is 1.61. The normalized spacial score (nSPS) is 21.2. The van der Waals surface area contributed by atoms with E-state index in [4.69, 9.17) is 9.84 Å². The number of aromatic nitrogens is 3. The lowest BCUT2D eigenvalue weighted by Gasteiger charge is -2.32. The van der Waals surface area contributed by atoms with Gasteiger partial charge in [0.2, 0.25) is 0 Å². The minimum atomic E-state index is -0.249. The Balaban J connectivity index is 1.23. The van der Waals surface area contributed by atoms with Crippen molar-refractivity contribution in [1.29, 1.82) is 0 Å². The molecule has 2 aliphatic rings. The topological polar surface area (TPSA) is 72.3 Å². The molecule has 2 aromatic heterocycles. The van der Waals surface area contributed by atoms with Gasteiger partial charge >= 0.3 is 0 Å². The summed E-state index contributed by atoms with van der Waals surface area (Å²) in [6.45, 7) is 5.73. The Morgan fingerprint density at radius 1 is 1.11 bits per heavy atom. The number of rotatable bonds is 7. The molecule has 3 heterocycles. The van der Waals surface area contributed by atoms with Crippen molar-refractivity contribution >= 4 is 22.5 Å². The molecule has 7 nitrogen and oxygen atoms in total. The molecule has 1 saturated heterocycles. The molecule has 1 aromatic carbocycles. The van der Waals surface area contributed by atoms with Gasteiger partial charge in [-0.1, -0.05) is 12.5 Å². The molecule has 35 heavy (non-hydrogen) atoms. The SMILES string of the molecule is COc1cc2nn([C@H]3CC[C@H](CCN4CCCCC4)CC3)cc2cc1NC(=O)c1cccc(C)n1. The molecule has 0 spiro atoms. The van der Waals surface area contributed by atoms with Crippen LogP contribution in [0.15, 0.2) is 36.5 Å². The Labute approximate surface area is 207 Å². The van der Waals surface area contributed by atoms with Gasteiger partial charge in [-0.05, 0) is 95.6 Å². The maximum atomic E-state index is 12.8. The Morgan fingerprint density at radius 3 is 2.66 bits per heavy atom. The molecule has 5 rings (SSSR count). The van der Waals surface area contributed by atoms with E-state index in [1.165, 1.54) is 71.0 Å². The van der Waals surface area contributed by atoms with Crippen molar-refractivity contribution in [3.05, 3.63) is 47.9 Å². The van der Waals surface area contributed by atoms with Crippen LogP contribution in [-0.4, -0.2) is 52.3 Å². The number of ether oxygens (including phenoxy) is 1. The number of nitrogens with zero attached hydrogens (tertiary/aromatic N) is 4. The van der Waals surface area contributed by atoms with E-state index < -0.39 is 0 Å². The van der Waals surface area contributed by atoms with Crippen LogP contribution in [0.25, 0.3) is 10.9 Å². The zero-order valence-corrected chi connectivity index (χ0v) is 21.0. The first kappa shape index (κ1) is 23.8. The van der Waals surface area contributed by atoms with E-state index in [0.29, 0.717) is 23.2 Å². The summed E-state index contributed by atoms with van der Waals surface area (Å²) >= 11 is 0. The van der Waals surface area contributed by atoms with E-state index in [0.717, 1.165) is 22.5 Å². The van der Waals surface area contributed by atoms with Gasteiger partial charge in [0.25, 0.3) is 5.91 Å². The van der Waals surface area contributed by atoms with Crippen molar-refractivity contribution in [3.8, 4) is 5.75 Å². The van der Waals surface area contributed by atoms with Crippen LogP contribution in [0.5, 0.6) is 5.75 Å². The van der Waals surface area contributed by atoms with Crippen LogP contribution in [0.1, 0.15) is 73.6 Å². The van der Waals surface area contributed by atoms with E-state index in [1.54, 1.807) is 13.2 Å². The number of carbonyl (C=O) groups is 1. The smallest absolute Gasteiger partial charge is 0.274 e. The van der Waals surface area contributed by atoms with Crippen LogP contribution in [-0.2, 0) is 0 Å². The average molecular weight is 476 g/mol. The Bertz CT molecular complexity index is 1160. The number of piperidine rings is 1. The minimum Gasteiger partial charge on any atom is -0.494 e. The number of aryl methyl sites for hydroxylation is 1. The minimum absolute atomic E-state index is 0.249. The number of nitrogens with one attached hydrogen (secondary N) is 1. The number of amides is 1. The zero-order chi connectivity index (χ0) is 24.2. The lowest BCUT2D eigenvalue weighted by Crippen LogP contribution is -2.32. The molecule has 3 aromatic rings. The van der Waals surface area contributed by atoms with Gasteiger partial charge < -0.3 is 15.0 Å². The first-order valence-corrected chi connectivity index (χ1v) is 13.1. The van der Waals surface area contributed by atoms with Gasteiger partial charge in [-0.25, -0.2) is 4.98 Å². The quantitative estimate of drug-likeness (QED) is 0.481. The van der Waals surface area contributed by atoms with Crippen LogP contribution in [0.3, 0.4) is 0 Å². The van der Waals surface area contributed by atoms with E-state index >= 15 is 0 Å². The third-order valence-corrected chi connectivity index (χ3v) is 7.71. The number of likely N-dealkylation sites (tertiary alicyclic amines) is 1. The fourth-order valence-electron chi connectivity index (χ4n) is 5.63. The number of fused-ring (bicyclic) bond motifs is 1. The first-order valence-electron chi connectivity index (χ1n) is 13.1. The Hall–Kier alpha value is -2.93. The van der Waals surface area contributed by atoms with Crippen LogP contribution in [0.4, 0.5) is 5.69 Å². The second kappa shape index (κ2) is 10.8. The van der Waals surface area contributed by atoms with Crippen molar-refractivity contribution in [1.82, 2.24) is 19.7 Å². The van der Waals surface area contributed by atoms with Crippen molar-refractivity contribution in [3.63, 3.8) is 0 Å². The molecular weight excluding hydrogens is 438 g/mol. The largest absolute Gasteiger partial charge is 0.494 e. The predicted octanol–water partition coefficient (Wildman–Crippen LogP) is 5.61. The zero-order valence-electron chi connectivity index (χ0n) is 21.0. The number of hydrogen-bond acceptors (Lipinski definition) is 5. The second-order valence-electron chi connectivity index (χ2n) is 10.2. The van der Waals surface area contributed by atoms with Crippen molar-refractivity contribution in [2.45, 2.75) is 64.3 Å². The van der Waals surface area contributed by atoms with Gasteiger partial charge in [0.05, 0.1) is 24.4 Å². The summed E-state index contributed by atoms with van der Waals surface area (Å²) in [5.41, 5.74) is 2.72. The molecule has 1 aliphatic heterocycles. The highest BCUT2D eigenvalue weighted by Crippen LogP contribution is 2.36. The lowest BCUT2D eigenvalue weighted by atomic mass is 9.84. The average Bonchev–Trinajstić information content (AvgIpc) is 3.31. The highest BCUT2D eigenvalue weighted by molar-refractivity contribution is 6.05. The fraction of sp³-hybridized carbons (Fsp3) is 0.536. The van der Waals surface area contributed by atoms with E-state index in [2.05, 4.69) is 26.1 Å².